The number of hydrogen-bond acceptors (Lipinski definition) is 14. The molecule has 0 saturated heterocycles. The average molecular weight is 727 g/mol. The van der Waals surface area contributed by atoms with Crippen molar-refractivity contribution in [2.45, 2.75) is 85.4 Å². The van der Waals surface area contributed by atoms with Crippen LogP contribution < -0.4 is 14.2 Å². The number of carboxylic acid groups (broad SMARTS) is 1. The number of hydrogen-bond donors (Lipinski definition) is 1. The summed E-state index contributed by atoms with van der Waals surface area (Å²) in [5.41, 5.74) is 3.38. The van der Waals surface area contributed by atoms with Gasteiger partial charge >= 0.3 is 41.8 Å². The summed E-state index contributed by atoms with van der Waals surface area (Å²) in [7, 11) is 1.47. The highest BCUT2D eigenvalue weighted by Crippen LogP contribution is 2.43. The van der Waals surface area contributed by atoms with Gasteiger partial charge in [-0.05, 0) is 56.4 Å². The molecule has 15 nitrogen and oxygen atoms in total. The van der Waals surface area contributed by atoms with Crippen molar-refractivity contribution in [1.82, 2.24) is 0 Å². The zero-order chi connectivity index (χ0) is 38.4. The van der Waals surface area contributed by atoms with Crippen LogP contribution in [0.4, 0.5) is 0 Å². The van der Waals surface area contributed by atoms with Crippen LogP contribution in [-0.4, -0.2) is 73.3 Å². The van der Waals surface area contributed by atoms with Gasteiger partial charge in [-0.1, -0.05) is 23.8 Å². The summed E-state index contributed by atoms with van der Waals surface area (Å²) < 4.78 is 36.8. The smallest absolute Gasteiger partial charge is 0.342 e. The van der Waals surface area contributed by atoms with E-state index in [1.165, 1.54) is 33.1 Å². The minimum Gasteiger partial charge on any atom is -0.496 e. The molecule has 0 radical (unpaired) electrons. The maximum Gasteiger partial charge on any atom is 0.342 e. The summed E-state index contributed by atoms with van der Waals surface area (Å²) in [6.07, 6.45) is 0.792. The first kappa shape index (κ1) is 40.7. The number of aryl methyl sites for hydroxylation is 1. The number of allylic oxidation sites excluding steroid dienone is 2. The zero-order valence-corrected chi connectivity index (χ0v) is 29.7. The van der Waals surface area contributed by atoms with Crippen LogP contribution in [0.2, 0.25) is 0 Å². The summed E-state index contributed by atoms with van der Waals surface area (Å²) >= 11 is 0. The third kappa shape index (κ3) is 12.5. The molecule has 1 N–H and O–H groups in total. The average Bonchev–Trinajstić information content (AvgIpc) is 3.49. The molecule has 1 aliphatic heterocycles. The fraction of sp³-hybridized carbons (Fsp3) is 0.432. The van der Waals surface area contributed by atoms with E-state index in [-0.39, 0.29) is 75.4 Å². The Balaban J connectivity index is 1.59. The van der Waals surface area contributed by atoms with Crippen LogP contribution >= 0.6 is 0 Å². The number of methoxy groups -OCH3 is 1. The number of fused-ring (bicyclic) bond motifs is 1. The highest BCUT2D eigenvalue weighted by molar-refractivity contribution is 5.99. The number of ether oxygens (including phenoxy) is 7. The van der Waals surface area contributed by atoms with Gasteiger partial charge in [-0.15, -0.1) is 0 Å². The van der Waals surface area contributed by atoms with E-state index in [4.69, 9.17) is 38.3 Å². The molecule has 0 unspecified atom stereocenters. The topological polar surface area (TPSA) is 204 Å². The Morgan fingerprint density at radius 2 is 1.44 bits per heavy atom. The van der Waals surface area contributed by atoms with E-state index in [1.54, 1.807) is 26.0 Å². The van der Waals surface area contributed by atoms with Crippen molar-refractivity contribution in [3.63, 3.8) is 0 Å². The standard InChI is InChI=1S/C37H42O15/c1-21(7-14-30(40)41)6-13-28-35(46-5)22(2)29-20-49-37(45)34(29)36(28)52-33(44)15-10-25-8-11-26(12-9-25)50-31(42)16-17-32(43)51-27(18-47-23(3)38)19-48-24(4)39/h6,8-9,11-12,27H,7,10,13-20H2,1-5H3,(H,40,41)/b21-6+. The number of rotatable bonds is 19. The molecular weight excluding hydrogens is 684 g/mol. The predicted molar refractivity (Wildman–Crippen MR) is 180 cm³/mol. The van der Waals surface area contributed by atoms with Crippen molar-refractivity contribution in [3.8, 4) is 17.2 Å². The summed E-state index contributed by atoms with van der Waals surface area (Å²) in [6, 6.07) is 6.35. The van der Waals surface area contributed by atoms with Crippen molar-refractivity contribution in [2.75, 3.05) is 20.3 Å². The minimum absolute atomic E-state index is 0.00540. The van der Waals surface area contributed by atoms with E-state index in [1.807, 2.05) is 6.08 Å². The van der Waals surface area contributed by atoms with E-state index in [0.717, 1.165) is 11.1 Å². The van der Waals surface area contributed by atoms with E-state index >= 15 is 0 Å². The van der Waals surface area contributed by atoms with Gasteiger partial charge in [0.25, 0.3) is 0 Å². The predicted octanol–water partition coefficient (Wildman–Crippen LogP) is 4.29. The molecule has 52 heavy (non-hydrogen) atoms. The van der Waals surface area contributed by atoms with Crippen molar-refractivity contribution >= 4 is 41.8 Å². The lowest BCUT2D eigenvalue weighted by molar-refractivity contribution is -0.165. The summed E-state index contributed by atoms with van der Waals surface area (Å²) in [5.74, 6) is -4.22. The Morgan fingerprint density at radius 1 is 0.827 bits per heavy atom. The molecule has 0 fully saturated rings. The van der Waals surface area contributed by atoms with Crippen molar-refractivity contribution < 1.29 is 71.8 Å². The Labute approximate surface area is 300 Å². The second kappa shape index (κ2) is 19.6. The first-order chi connectivity index (χ1) is 24.7. The van der Waals surface area contributed by atoms with E-state index in [0.29, 0.717) is 28.9 Å². The lowest BCUT2D eigenvalue weighted by Gasteiger charge is -2.19. The molecule has 1 heterocycles. The Kier molecular flexibility index (Phi) is 15.3. The highest BCUT2D eigenvalue weighted by Gasteiger charge is 2.34. The molecule has 0 aromatic heterocycles. The SMILES string of the molecule is COc1c(C)c2c(c(OC(=O)CCc3ccc(OC(=O)CCC(=O)OC(COC(C)=O)COC(C)=O)cc3)c1C/C=C(\C)CCC(=O)O)C(=O)OC2. The molecule has 280 valence electrons. The van der Waals surface area contributed by atoms with Crippen LogP contribution in [0, 0.1) is 6.92 Å². The maximum absolute atomic E-state index is 13.1. The van der Waals surface area contributed by atoms with Gasteiger partial charge in [-0.25, -0.2) is 4.79 Å². The Morgan fingerprint density at radius 3 is 2.04 bits per heavy atom. The van der Waals surface area contributed by atoms with Crippen LogP contribution in [0.1, 0.15) is 85.5 Å². The number of carbonyl (C=O) groups is 7. The van der Waals surface area contributed by atoms with Gasteiger partial charge in [0, 0.05) is 37.8 Å². The van der Waals surface area contributed by atoms with Gasteiger partial charge < -0.3 is 38.3 Å². The van der Waals surface area contributed by atoms with Crippen LogP contribution in [-0.2, 0) is 67.2 Å². The number of carboxylic acids is 1. The maximum atomic E-state index is 13.1. The summed E-state index contributed by atoms with van der Waals surface area (Å²) in [5, 5.41) is 9.02. The molecular formula is C37H42O15. The van der Waals surface area contributed by atoms with Crippen LogP contribution in [0.3, 0.4) is 0 Å². The number of esters is 6. The molecule has 3 rings (SSSR count). The van der Waals surface area contributed by atoms with Gasteiger partial charge in [0.05, 0.1) is 20.0 Å². The zero-order valence-electron chi connectivity index (χ0n) is 29.7. The Bertz CT molecular complexity index is 1690. The van der Waals surface area contributed by atoms with Crippen molar-refractivity contribution in [1.29, 1.82) is 0 Å². The van der Waals surface area contributed by atoms with Gasteiger partial charge in [0.1, 0.15) is 36.9 Å². The van der Waals surface area contributed by atoms with Gasteiger partial charge in [0.15, 0.2) is 11.9 Å². The molecule has 1 aliphatic rings. The second-order valence-corrected chi connectivity index (χ2v) is 11.9. The van der Waals surface area contributed by atoms with E-state index in [9.17, 15) is 33.6 Å². The van der Waals surface area contributed by atoms with Gasteiger partial charge in [0.2, 0.25) is 0 Å². The quantitative estimate of drug-likeness (QED) is 0.0928. The molecule has 0 atom stereocenters. The number of carbonyl (C=O) groups excluding carboxylic acids is 6. The normalized spacial score (nSPS) is 12.0. The lowest BCUT2D eigenvalue weighted by Crippen LogP contribution is -2.30. The third-order valence-corrected chi connectivity index (χ3v) is 7.78. The van der Waals surface area contributed by atoms with Crippen LogP contribution in [0.5, 0.6) is 17.2 Å². The Hall–Kier alpha value is -5.73. The molecule has 2 aromatic rings. The molecule has 0 bridgehead atoms. The minimum atomic E-state index is -1.04. The summed E-state index contributed by atoms with van der Waals surface area (Å²) in [4.78, 5) is 83.6. The molecule has 0 spiro atoms. The molecule has 2 aromatic carbocycles. The van der Waals surface area contributed by atoms with E-state index in [2.05, 4.69) is 0 Å². The van der Waals surface area contributed by atoms with Crippen LogP contribution in [0.15, 0.2) is 35.9 Å². The first-order valence-corrected chi connectivity index (χ1v) is 16.4. The largest absolute Gasteiger partial charge is 0.496 e. The lowest BCUT2D eigenvalue weighted by atomic mass is 9.94. The summed E-state index contributed by atoms with van der Waals surface area (Å²) in [6.45, 7) is 5.27. The number of cyclic esters (lactones) is 1. The molecule has 15 heteroatoms. The van der Waals surface area contributed by atoms with Crippen LogP contribution in [0.25, 0.3) is 0 Å². The second-order valence-electron chi connectivity index (χ2n) is 11.9. The highest BCUT2D eigenvalue weighted by atomic mass is 16.6. The fourth-order valence-corrected chi connectivity index (χ4v) is 5.11. The van der Waals surface area contributed by atoms with Gasteiger partial charge in [-0.2, -0.15) is 0 Å². The molecule has 0 aliphatic carbocycles. The molecule has 0 amide bonds. The third-order valence-electron chi connectivity index (χ3n) is 7.78. The monoisotopic (exact) mass is 726 g/mol. The van der Waals surface area contributed by atoms with Crippen molar-refractivity contribution in [2.24, 2.45) is 0 Å². The van der Waals surface area contributed by atoms with Crippen molar-refractivity contribution in [3.05, 3.63) is 63.7 Å². The van der Waals surface area contributed by atoms with Gasteiger partial charge in [-0.3, -0.25) is 28.8 Å². The number of benzene rings is 2. The molecule has 0 saturated carbocycles. The first-order valence-electron chi connectivity index (χ1n) is 16.4. The van der Waals surface area contributed by atoms with E-state index < -0.39 is 47.9 Å². The fourth-order valence-electron chi connectivity index (χ4n) is 5.11. The number of aliphatic carboxylic acids is 1.